The van der Waals surface area contributed by atoms with Crippen LogP contribution in [0.25, 0.3) is 0 Å². The van der Waals surface area contributed by atoms with Crippen molar-refractivity contribution in [2.75, 3.05) is 13.2 Å². The Morgan fingerprint density at radius 2 is 2.35 bits per heavy atom. The summed E-state index contributed by atoms with van der Waals surface area (Å²) < 4.78 is 9.22. The predicted molar refractivity (Wildman–Crippen MR) is 66.1 cm³/mol. The molecule has 6 heteroatoms. The first-order valence-corrected chi connectivity index (χ1v) is 6.16. The zero-order valence-electron chi connectivity index (χ0n) is 10.2. The Balaban J connectivity index is 2.34. The standard InChI is InChI=1S/C11H17N3O2S/c1-11(2,3)13-5-9(15)6-16-10-8(4-12)7-17-14-10/h7,9,13,15H,5-6H2,1-3H3/t9-/m0/s1. The first-order valence-electron chi connectivity index (χ1n) is 5.33. The average Bonchev–Trinajstić information content (AvgIpc) is 2.69. The molecule has 0 unspecified atom stereocenters. The third-order valence-corrected chi connectivity index (χ3v) is 2.55. The van der Waals surface area contributed by atoms with Gasteiger partial charge in [-0.15, -0.1) is 0 Å². The molecule has 0 aliphatic heterocycles. The predicted octanol–water partition coefficient (Wildman–Crippen LogP) is 1.14. The molecule has 1 atom stereocenters. The number of aliphatic hydroxyl groups excluding tert-OH is 1. The Bertz CT molecular complexity index is 392. The maximum Gasteiger partial charge on any atom is 0.243 e. The van der Waals surface area contributed by atoms with Crippen LogP contribution in [-0.4, -0.2) is 34.3 Å². The molecule has 0 aromatic carbocycles. The molecule has 0 saturated heterocycles. The van der Waals surface area contributed by atoms with E-state index in [1.54, 1.807) is 5.38 Å². The minimum absolute atomic E-state index is 0.0422. The number of aliphatic hydroxyl groups is 1. The second-order valence-electron chi connectivity index (χ2n) is 4.74. The van der Waals surface area contributed by atoms with Crippen molar-refractivity contribution in [1.29, 1.82) is 5.26 Å². The summed E-state index contributed by atoms with van der Waals surface area (Å²) in [4.78, 5) is 0. The summed E-state index contributed by atoms with van der Waals surface area (Å²) in [7, 11) is 0. The molecule has 0 fully saturated rings. The number of nitrogens with zero attached hydrogens (tertiary/aromatic N) is 2. The van der Waals surface area contributed by atoms with Gasteiger partial charge in [0.2, 0.25) is 5.88 Å². The van der Waals surface area contributed by atoms with Crippen LogP contribution in [0, 0.1) is 11.3 Å². The third-order valence-electron chi connectivity index (χ3n) is 1.94. The highest BCUT2D eigenvalue weighted by Gasteiger charge is 2.14. The molecule has 5 nitrogen and oxygen atoms in total. The molecule has 0 aliphatic carbocycles. The van der Waals surface area contributed by atoms with Crippen LogP contribution < -0.4 is 10.1 Å². The van der Waals surface area contributed by atoms with Crippen LogP contribution in [0.15, 0.2) is 5.38 Å². The molecule has 17 heavy (non-hydrogen) atoms. The van der Waals surface area contributed by atoms with Crippen LogP contribution >= 0.6 is 11.5 Å². The van der Waals surface area contributed by atoms with Gasteiger partial charge < -0.3 is 15.2 Å². The molecular weight excluding hydrogens is 238 g/mol. The van der Waals surface area contributed by atoms with Gasteiger partial charge in [-0.2, -0.15) is 9.64 Å². The van der Waals surface area contributed by atoms with Crippen molar-refractivity contribution in [2.45, 2.75) is 32.4 Å². The molecular formula is C11H17N3O2S. The fourth-order valence-corrected chi connectivity index (χ4v) is 1.62. The summed E-state index contributed by atoms with van der Waals surface area (Å²) in [6, 6.07) is 1.98. The maximum absolute atomic E-state index is 9.68. The molecule has 1 aromatic heterocycles. The highest BCUT2D eigenvalue weighted by molar-refractivity contribution is 7.03. The number of rotatable bonds is 5. The Kier molecular flexibility index (Phi) is 4.87. The molecule has 0 amide bonds. The van der Waals surface area contributed by atoms with Gasteiger partial charge in [0.05, 0.1) is 0 Å². The molecule has 1 heterocycles. The lowest BCUT2D eigenvalue weighted by Crippen LogP contribution is -2.42. The van der Waals surface area contributed by atoms with E-state index in [1.807, 2.05) is 26.8 Å². The fourth-order valence-electron chi connectivity index (χ4n) is 1.06. The van der Waals surface area contributed by atoms with Gasteiger partial charge in [-0.1, -0.05) is 0 Å². The minimum atomic E-state index is -0.623. The van der Waals surface area contributed by atoms with Crippen molar-refractivity contribution in [1.82, 2.24) is 9.69 Å². The van der Waals surface area contributed by atoms with Crippen molar-refractivity contribution in [3.8, 4) is 11.9 Å². The van der Waals surface area contributed by atoms with Crippen LogP contribution in [0.3, 0.4) is 0 Å². The highest BCUT2D eigenvalue weighted by Crippen LogP contribution is 2.17. The van der Waals surface area contributed by atoms with Gasteiger partial charge in [0.1, 0.15) is 24.3 Å². The zero-order chi connectivity index (χ0) is 12.9. The number of nitrogens with one attached hydrogen (secondary N) is 1. The van der Waals surface area contributed by atoms with Gasteiger partial charge in [-0.25, -0.2) is 0 Å². The van der Waals surface area contributed by atoms with Crippen LogP contribution in [0.1, 0.15) is 26.3 Å². The van der Waals surface area contributed by atoms with Gasteiger partial charge in [0.25, 0.3) is 0 Å². The summed E-state index contributed by atoms with van der Waals surface area (Å²) in [5.41, 5.74) is 0.366. The maximum atomic E-state index is 9.68. The van der Waals surface area contributed by atoms with Crippen LogP contribution in [-0.2, 0) is 0 Å². The fraction of sp³-hybridized carbons (Fsp3) is 0.636. The van der Waals surface area contributed by atoms with E-state index in [0.717, 1.165) is 0 Å². The Hall–Kier alpha value is -1.16. The molecule has 0 aliphatic rings. The molecule has 1 aromatic rings. The lowest BCUT2D eigenvalue weighted by atomic mass is 10.1. The van der Waals surface area contributed by atoms with Crippen molar-refractivity contribution in [2.24, 2.45) is 0 Å². The summed E-state index contributed by atoms with van der Waals surface area (Å²) in [6.45, 7) is 6.63. The first-order chi connectivity index (χ1) is 7.92. The lowest BCUT2D eigenvalue weighted by molar-refractivity contribution is 0.0981. The number of aromatic nitrogens is 1. The van der Waals surface area contributed by atoms with E-state index >= 15 is 0 Å². The van der Waals surface area contributed by atoms with E-state index < -0.39 is 6.10 Å². The molecule has 0 saturated carbocycles. The lowest BCUT2D eigenvalue weighted by Gasteiger charge is -2.22. The largest absolute Gasteiger partial charge is 0.473 e. The number of ether oxygens (including phenoxy) is 1. The van der Waals surface area contributed by atoms with E-state index in [2.05, 4.69) is 9.69 Å². The molecule has 2 N–H and O–H groups in total. The zero-order valence-corrected chi connectivity index (χ0v) is 11.0. The van der Waals surface area contributed by atoms with Crippen molar-refractivity contribution in [3.05, 3.63) is 10.9 Å². The van der Waals surface area contributed by atoms with E-state index in [4.69, 9.17) is 10.00 Å². The molecule has 94 valence electrons. The summed E-state index contributed by atoms with van der Waals surface area (Å²) >= 11 is 1.17. The third kappa shape index (κ3) is 5.13. The van der Waals surface area contributed by atoms with E-state index in [0.29, 0.717) is 18.0 Å². The Morgan fingerprint density at radius 3 is 2.94 bits per heavy atom. The van der Waals surface area contributed by atoms with E-state index in [9.17, 15) is 5.11 Å². The number of hydrogen-bond donors (Lipinski definition) is 2. The van der Waals surface area contributed by atoms with Gasteiger partial charge in [0, 0.05) is 17.5 Å². The summed E-state index contributed by atoms with van der Waals surface area (Å²) in [6.07, 6.45) is -0.623. The molecule has 0 spiro atoms. The monoisotopic (exact) mass is 255 g/mol. The number of β-amino-alcohol motifs (C(OH)–C–C–N with tert-alkyl or cyclic N) is 1. The normalized spacial score (nSPS) is 13.1. The Labute approximate surface area is 105 Å². The minimum Gasteiger partial charge on any atom is -0.473 e. The van der Waals surface area contributed by atoms with Crippen molar-refractivity contribution in [3.63, 3.8) is 0 Å². The first kappa shape index (κ1) is 13.9. The van der Waals surface area contributed by atoms with Crippen LogP contribution in [0.4, 0.5) is 0 Å². The summed E-state index contributed by atoms with van der Waals surface area (Å²) in [5, 5.41) is 23.2. The Morgan fingerprint density at radius 1 is 1.65 bits per heavy atom. The van der Waals surface area contributed by atoms with Crippen LogP contribution in [0.2, 0.25) is 0 Å². The second-order valence-corrected chi connectivity index (χ2v) is 5.37. The average molecular weight is 255 g/mol. The molecule has 0 bridgehead atoms. The van der Waals surface area contributed by atoms with Gasteiger partial charge in [0.15, 0.2) is 0 Å². The number of nitriles is 1. The van der Waals surface area contributed by atoms with Gasteiger partial charge >= 0.3 is 0 Å². The topological polar surface area (TPSA) is 78.2 Å². The second kappa shape index (κ2) is 5.96. The van der Waals surface area contributed by atoms with Crippen LogP contribution in [0.5, 0.6) is 5.88 Å². The SMILES string of the molecule is CC(C)(C)NC[C@H](O)COc1nscc1C#N. The van der Waals surface area contributed by atoms with E-state index in [-0.39, 0.29) is 12.1 Å². The molecule has 1 rings (SSSR count). The van der Waals surface area contributed by atoms with E-state index in [1.165, 1.54) is 11.5 Å². The smallest absolute Gasteiger partial charge is 0.243 e. The van der Waals surface area contributed by atoms with Crippen molar-refractivity contribution >= 4 is 11.5 Å². The number of hydrogen-bond acceptors (Lipinski definition) is 6. The summed E-state index contributed by atoms with van der Waals surface area (Å²) in [5.74, 6) is 0.298. The van der Waals surface area contributed by atoms with Gasteiger partial charge in [-0.3, -0.25) is 0 Å². The van der Waals surface area contributed by atoms with Crippen molar-refractivity contribution < 1.29 is 9.84 Å². The van der Waals surface area contributed by atoms with Gasteiger partial charge in [-0.05, 0) is 32.3 Å². The molecule has 0 radical (unpaired) electrons. The quantitative estimate of drug-likeness (QED) is 0.825. The highest BCUT2D eigenvalue weighted by atomic mass is 32.1.